The smallest absolute Gasteiger partial charge is 0.122 e. The second-order valence-electron chi connectivity index (χ2n) is 7.05. The SMILES string of the molecule is Cc1ccc(OCC(O)CNC2CCN(C(C)C)CC2)c(C)c1. The van der Waals surface area contributed by atoms with Crippen LogP contribution in [0.1, 0.15) is 37.8 Å². The van der Waals surface area contributed by atoms with Gasteiger partial charge in [-0.3, -0.25) is 0 Å². The maximum atomic E-state index is 10.1. The average Bonchev–Trinajstić information content (AvgIpc) is 2.52. The fraction of sp³-hybridized carbons (Fsp3) is 0.684. The summed E-state index contributed by atoms with van der Waals surface area (Å²) < 4.78 is 5.74. The minimum atomic E-state index is -0.473. The quantitative estimate of drug-likeness (QED) is 0.810. The van der Waals surface area contributed by atoms with Crippen molar-refractivity contribution in [2.45, 2.75) is 58.7 Å². The molecule has 0 spiro atoms. The van der Waals surface area contributed by atoms with Gasteiger partial charge in [-0.25, -0.2) is 0 Å². The molecule has 1 aliphatic heterocycles. The van der Waals surface area contributed by atoms with Gasteiger partial charge in [0.25, 0.3) is 0 Å². The van der Waals surface area contributed by atoms with E-state index in [0.717, 1.165) is 37.2 Å². The van der Waals surface area contributed by atoms with Gasteiger partial charge in [0.2, 0.25) is 0 Å². The highest BCUT2D eigenvalue weighted by Crippen LogP contribution is 2.19. The van der Waals surface area contributed by atoms with Gasteiger partial charge in [0.15, 0.2) is 0 Å². The molecule has 0 aromatic heterocycles. The highest BCUT2D eigenvalue weighted by molar-refractivity contribution is 5.35. The number of aryl methyl sites for hydroxylation is 2. The Morgan fingerprint density at radius 1 is 1.26 bits per heavy atom. The Balaban J connectivity index is 1.66. The molecule has 0 amide bonds. The van der Waals surface area contributed by atoms with Crippen LogP contribution in [0.25, 0.3) is 0 Å². The second kappa shape index (κ2) is 8.67. The number of piperidine rings is 1. The van der Waals surface area contributed by atoms with Crippen molar-refractivity contribution in [1.82, 2.24) is 10.2 Å². The van der Waals surface area contributed by atoms with Crippen LogP contribution in [0.2, 0.25) is 0 Å². The summed E-state index contributed by atoms with van der Waals surface area (Å²) in [6.45, 7) is 11.8. The van der Waals surface area contributed by atoms with E-state index < -0.39 is 6.10 Å². The van der Waals surface area contributed by atoms with Gasteiger partial charge in [-0.2, -0.15) is 0 Å². The van der Waals surface area contributed by atoms with Gasteiger partial charge >= 0.3 is 0 Å². The van der Waals surface area contributed by atoms with Crippen molar-refractivity contribution in [1.29, 1.82) is 0 Å². The Kier molecular flexibility index (Phi) is 6.88. The molecule has 4 nitrogen and oxygen atoms in total. The van der Waals surface area contributed by atoms with Gasteiger partial charge in [0, 0.05) is 18.6 Å². The van der Waals surface area contributed by atoms with Crippen molar-refractivity contribution in [3.63, 3.8) is 0 Å². The van der Waals surface area contributed by atoms with Crippen LogP contribution >= 0.6 is 0 Å². The highest BCUT2D eigenvalue weighted by atomic mass is 16.5. The molecule has 1 saturated heterocycles. The van der Waals surface area contributed by atoms with Gasteiger partial charge in [0.05, 0.1) is 0 Å². The standard InChI is InChI=1S/C19H32N2O2/c1-14(2)21-9-7-17(8-10-21)20-12-18(22)13-23-19-6-5-15(3)11-16(19)4/h5-6,11,14,17-18,20,22H,7-10,12-13H2,1-4H3. The third-order valence-corrected chi connectivity index (χ3v) is 4.66. The van der Waals surface area contributed by atoms with E-state index in [1.165, 1.54) is 5.56 Å². The summed E-state index contributed by atoms with van der Waals surface area (Å²) in [5.74, 6) is 0.861. The Morgan fingerprint density at radius 3 is 2.57 bits per heavy atom. The van der Waals surface area contributed by atoms with E-state index in [2.05, 4.69) is 37.1 Å². The molecule has 130 valence electrons. The van der Waals surface area contributed by atoms with Crippen LogP contribution in [0.3, 0.4) is 0 Å². The summed E-state index contributed by atoms with van der Waals surface area (Å²) in [5.41, 5.74) is 2.34. The summed E-state index contributed by atoms with van der Waals surface area (Å²) in [4.78, 5) is 2.51. The van der Waals surface area contributed by atoms with Gasteiger partial charge in [0.1, 0.15) is 18.5 Å². The van der Waals surface area contributed by atoms with E-state index in [1.54, 1.807) is 0 Å². The molecular formula is C19H32N2O2. The molecule has 1 heterocycles. The maximum absolute atomic E-state index is 10.1. The molecule has 0 saturated carbocycles. The molecule has 0 bridgehead atoms. The largest absolute Gasteiger partial charge is 0.491 e. The summed E-state index contributed by atoms with van der Waals surface area (Å²) >= 11 is 0. The Labute approximate surface area is 140 Å². The van der Waals surface area contributed by atoms with Crippen LogP contribution in [-0.4, -0.2) is 54.4 Å². The van der Waals surface area contributed by atoms with Crippen molar-refractivity contribution in [2.24, 2.45) is 0 Å². The minimum Gasteiger partial charge on any atom is -0.491 e. The third-order valence-electron chi connectivity index (χ3n) is 4.66. The minimum absolute atomic E-state index is 0.335. The van der Waals surface area contributed by atoms with Gasteiger partial charge in [-0.15, -0.1) is 0 Å². The lowest BCUT2D eigenvalue weighted by molar-refractivity contribution is 0.0957. The topological polar surface area (TPSA) is 44.7 Å². The number of nitrogens with zero attached hydrogens (tertiary/aromatic N) is 1. The molecule has 4 heteroatoms. The number of hydrogen-bond acceptors (Lipinski definition) is 4. The van der Waals surface area contributed by atoms with E-state index in [-0.39, 0.29) is 0 Å². The fourth-order valence-corrected chi connectivity index (χ4v) is 3.13. The number of nitrogens with one attached hydrogen (secondary N) is 1. The first-order valence-corrected chi connectivity index (χ1v) is 8.81. The van der Waals surface area contributed by atoms with Crippen LogP contribution in [0.5, 0.6) is 5.75 Å². The summed E-state index contributed by atoms with van der Waals surface area (Å²) in [7, 11) is 0. The molecule has 1 fully saturated rings. The number of rotatable bonds is 7. The van der Waals surface area contributed by atoms with Gasteiger partial charge < -0.3 is 20.1 Å². The van der Waals surface area contributed by atoms with E-state index in [1.807, 2.05) is 19.1 Å². The molecule has 2 N–H and O–H groups in total. The Hall–Kier alpha value is -1.10. The number of likely N-dealkylation sites (tertiary alicyclic amines) is 1. The first-order valence-electron chi connectivity index (χ1n) is 8.81. The molecule has 1 unspecified atom stereocenters. The molecule has 1 aromatic carbocycles. The molecule has 0 radical (unpaired) electrons. The number of aliphatic hydroxyl groups excluding tert-OH is 1. The highest BCUT2D eigenvalue weighted by Gasteiger charge is 2.21. The fourth-order valence-electron chi connectivity index (χ4n) is 3.13. The molecule has 2 rings (SSSR count). The third kappa shape index (κ3) is 5.79. The van der Waals surface area contributed by atoms with Crippen LogP contribution in [0.15, 0.2) is 18.2 Å². The van der Waals surface area contributed by atoms with Crippen molar-refractivity contribution in [2.75, 3.05) is 26.2 Å². The molecule has 1 aliphatic rings. The number of aliphatic hydroxyl groups is 1. The van der Waals surface area contributed by atoms with Crippen LogP contribution < -0.4 is 10.1 Å². The zero-order chi connectivity index (χ0) is 16.8. The molecule has 1 atom stereocenters. The lowest BCUT2D eigenvalue weighted by atomic mass is 10.0. The first kappa shape index (κ1) is 18.2. The zero-order valence-corrected chi connectivity index (χ0v) is 15.0. The Bertz CT molecular complexity index is 482. The monoisotopic (exact) mass is 320 g/mol. The first-order chi connectivity index (χ1) is 11.0. The molecule has 1 aromatic rings. The number of hydrogen-bond donors (Lipinski definition) is 2. The average molecular weight is 320 g/mol. The maximum Gasteiger partial charge on any atom is 0.122 e. The predicted octanol–water partition coefficient (Wildman–Crippen LogP) is 2.51. The van der Waals surface area contributed by atoms with E-state index in [9.17, 15) is 5.11 Å². The van der Waals surface area contributed by atoms with Crippen molar-refractivity contribution >= 4 is 0 Å². The summed E-state index contributed by atoms with van der Waals surface area (Å²) in [6, 6.07) is 7.26. The molecule has 0 aliphatic carbocycles. The van der Waals surface area contributed by atoms with E-state index >= 15 is 0 Å². The number of ether oxygens (including phenoxy) is 1. The molecule has 23 heavy (non-hydrogen) atoms. The summed E-state index contributed by atoms with van der Waals surface area (Å²) in [6.07, 6.45) is 1.84. The molecular weight excluding hydrogens is 288 g/mol. The number of benzene rings is 1. The van der Waals surface area contributed by atoms with Crippen molar-refractivity contribution < 1.29 is 9.84 Å². The predicted molar refractivity (Wildman–Crippen MR) is 95.2 cm³/mol. The summed E-state index contributed by atoms with van der Waals surface area (Å²) in [5, 5.41) is 13.6. The van der Waals surface area contributed by atoms with Crippen molar-refractivity contribution in [3.8, 4) is 5.75 Å². The second-order valence-corrected chi connectivity index (χ2v) is 7.05. The Morgan fingerprint density at radius 2 is 1.96 bits per heavy atom. The van der Waals surface area contributed by atoms with Crippen molar-refractivity contribution in [3.05, 3.63) is 29.3 Å². The lowest BCUT2D eigenvalue weighted by Gasteiger charge is -2.35. The van der Waals surface area contributed by atoms with Gasteiger partial charge in [-0.05, 0) is 65.3 Å². The van der Waals surface area contributed by atoms with E-state index in [0.29, 0.717) is 25.2 Å². The van der Waals surface area contributed by atoms with Gasteiger partial charge in [-0.1, -0.05) is 17.7 Å². The van der Waals surface area contributed by atoms with Crippen LogP contribution in [-0.2, 0) is 0 Å². The lowest BCUT2D eigenvalue weighted by Crippen LogP contribution is -2.47. The van der Waals surface area contributed by atoms with Crippen LogP contribution in [0.4, 0.5) is 0 Å². The van der Waals surface area contributed by atoms with E-state index in [4.69, 9.17) is 4.74 Å². The zero-order valence-electron chi connectivity index (χ0n) is 15.0. The normalized spacial score (nSPS) is 18.3. The van der Waals surface area contributed by atoms with Crippen LogP contribution in [0, 0.1) is 13.8 Å².